The zero-order valence-electron chi connectivity index (χ0n) is 6.97. The molecule has 0 aliphatic rings. The lowest BCUT2D eigenvalue weighted by Gasteiger charge is -2.01. The fraction of sp³-hybridized carbons (Fsp3) is 0.125. The van der Waals surface area contributed by atoms with Gasteiger partial charge in [0.1, 0.15) is 0 Å². The maximum absolute atomic E-state index is 13.0. The van der Waals surface area contributed by atoms with Crippen molar-refractivity contribution in [2.45, 2.75) is 0 Å². The summed E-state index contributed by atoms with van der Waals surface area (Å²) in [7, 11) is 1.50. The van der Waals surface area contributed by atoms with E-state index in [4.69, 9.17) is 4.84 Å². The van der Waals surface area contributed by atoms with Crippen molar-refractivity contribution >= 4 is 16.6 Å². The number of anilines is 1. The molecule has 4 nitrogen and oxygen atoms in total. The average molecular weight is 181 g/mol. The Balaban J connectivity index is 2.53. The van der Waals surface area contributed by atoms with Gasteiger partial charge in [-0.05, 0) is 18.2 Å². The number of nitrogens with one attached hydrogen (secondary N) is 2. The third-order valence-electron chi connectivity index (χ3n) is 1.73. The van der Waals surface area contributed by atoms with Gasteiger partial charge >= 0.3 is 0 Å². The lowest BCUT2D eigenvalue weighted by Crippen LogP contribution is -1.94. The monoisotopic (exact) mass is 181 g/mol. The second-order valence-electron chi connectivity index (χ2n) is 2.58. The van der Waals surface area contributed by atoms with Gasteiger partial charge < -0.3 is 0 Å². The Morgan fingerprint density at radius 3 is 3.15 bits per heavy atom. The van der Waals surface area contributed by atoms with Crippen LogP contribution in [0.2, 0.25) is 0 Å². The molecular formula is C8H8FN3O. The molecule has 0 spiro atoms. The van der Waals surface area contributed by atoms with Gasteiger partial charge in [-0.1, -0.05) is 0 Å². The van der Waals surface area contributed by atoms with Gasteiger partial charge in [0.25, 0.3) is 0 Å². The highest BCUT2D eigenvalue weighted by atomic mass is 19.1. The minimum absolute atomic E-state index is 0.435. The van der Waals surface area contributed by atoms with Crippen LogP contribution < -0.4 is 5.48 Å². The van der Waals surface area contributed by atoms with E-state index in [1.165, 1.54) is 7.11 Å². The predicted molar refractivity (Wildman–Crippen MR) is 46.7 cm³/mol. The number of H-pyrrole nitrogens is 1. The predicted octanol–water partition coefficient (Wildman–Crippen LogP) is 1.68. The summed E-state index contributed by atoms with van der Waals surface area (Å²) in [6, 6.07) is 5.08. The molecule has 2 rings (SSSR count). The van der Waals surface area contributed by atoms with Crippen LogP contribution in [0.4, 0.5) is 10.1 Å². The van der Waals surface area contributed by atoms with Gasteiger partial charge in [-0.25, -0.2) is 0 Å². The first-order valence-corrected chi connectivity index (χ1v) is 3.74. The van der Waals surface area contributed by atoms with Crippen LogP contribution >= 0.6 is 0 Å². The lowest BCUT2D eigenvalue weighted by molar-refractivity contribution is 0.271. The molecule has 0 aliphatic carbocycles. The van der Waals surface area contributed by atoms with Crippen LogP contribution in [-0.2, 0) is 4.84 Å². The Kier molecular flexibility index (Phi) is 1.86. The highest BCUT2D eigenvalue weighted by Crippen LogP contribution is 2.19. The molecule has 68 valence electrons. The van der Waals surface area contributed by atoms with Gasteiger partial charge in [-0.3, -0.25) is 15.4 Å². The van der Waals surface area contributed by atoms with Crippen molar-refractivity contribution in [2.75, 3.05) is 12.6 Å². The van der Waals surface area contributed by atoms with E-state index in [0.29, 0.717) is 16.6 Å². The van der Waals surface area contributed by atoms with Gasteiger partial charge in [0.2, 0.25) is 5.95 Å². The number of halogens is 1. The number of hydrogen-bond donors (Lipinski definition) is 2. The number of nitrogens with zero attached hydrogens (tertiary/aromatic N) is 1. The molecule has 0 radical (unpaired) electrons. The van der Waals surface area contributed by atoms with Crippen molar-refractivity contribution in [3.05, 3.63) is 24.1 Å². The van der Waals surface area contributed by atoms with Crippen LogP contribution in [0.3, 0.4) is 0 Å². The van der Waals surface area contributed by atoms with Gasteiger partial charge in [0.15, 0.2) is 0 Å². The van der Waals surface area contributed by atoms with Gasteiger partial charge in [0, 0.05) is 0 Å². The van der Waals surface area contributed by atoms with Crippen molar-refractivity contribution in [1.82, 2.24) is 10.2 Å². The number of rotatable bonds is 2. The van der Waals surface area contributed by atoms with E-state index < -0.39 is 5.95 Å². The molecular weight excluding hydrogens is 173 g/mol. The average Bonchev–Trinajstić information content (AvgIpc) is 2.49. The Hall–Kier alpha value is -1.62. The molecule has 5 heteroatoms. The lowest BCUT2D eigenvalue weighted by atomic mass is 10.2. The summed E-state index contributed by atoms with van der Waals surface area (Å²) in [6.45, 7) is 0. The third-order valence-corrected chi connectivity index (χ3v) is 1.73. The number of fused-ring (bicyclic) bond motifs is 1. The molecule has 0 atom stereocenters. The Labute approximate surface area is 73.7 Å². The molecule has 13 heavy (non-hydrogen) atoms. The van der Waals surface area contributed by atoms with Crippen LogP contribution in [0.25, 0.3) is 10.9 Å². The first kappa shape index (κ1) is 8.00. The molecule has 0 bridgehead atoms. The van der Waals surface area contributed by atoms with Crippen molar-refractivity contribution in [3.63, 3.8) is 0 Å². The summed E-state index contributed by atoms with van der Waals surface area (Å²) in [4.78, 5) is 4.69. The molecule has 1 aromatic heterocycles. The zero-order chi connectivity index (χ0) is 9.26. The van der Waals surface area contributed by atoms with Crippen molar-refractivity contribution in [1.29, 1.82) is 0 Å². The molecule has 0 aliphatic heterocycles. The van der Waals surface area contributed by atoms with E-state index in [1.807, 2.05) is 0 Å². The van der Waals surface area contributed by atoms with Crippen LogP contribution in [0.1, 0.15) is 0 Å². The maximum Gasteiger partial charge on any atom is 0.216 e. The quantitative estimate of drug-likeness (QED) is 0.693. The summed E-state index contributed by atoms with van der Waals surface area (Å²) in [5, 5.41) is 6.46. The number of benzene rings is 1. The van der Waals surface area contributed by atoms with Crippen molar-refractivity contribution in [3.8, 4) is 0 Å². The zero-order valence-corrected chi connectivity index (χ0v) is 6.97. The van der Waals surface area contributed by atoms with Crippen molar-refractivity contribution < 1.29 is 9.23 Å². The topological polar surface area (TPSA) is 49.9 Å². The SMILES string of the molecule is CONc1ccc2n[nH]c(F)c2c1. The Morgan fingerprint density at radius 1 is 1.54 bits per heavy atom. The first-order chi connectivity index (χ1) is 6.31. The Morgan fingerprint density at radius 2 is 2.38 bits per heavy atom. The van der Waals surface area contributed by atoms with Crippen LogP contribution in [-0.4, -0.2) is 17.3 Å². The van der Waals surface area contributed by atoms with E-state index in [1.54, 1.807) is 18.2 Å². The van der Waals surface area contributed by atoms with Crippen LogP contribution in [0, 0.1) is 5.95 Å². The largest absolute Gasteiger partial charge is 0.279 e. The smallest absolute Gasteiger partial charge is 0.216 e. The molecule has 1 heterocycles. The van der Waals surface area contributed by atoms with Crippen LogP contribution in [0.15, 0.2) is 18.2 Å². The second-order valence-corrected chi connectivity index (χ2v) is 2.58. The summed E-state index contributed by atoms with van der Waals surface area (Å²) >= 11 is 0. The summed E-state index contributed by atoms with van der Waals surface area (Å²) < 4.78 is 13.0. The third kappa shape index (κ3) is 1.33. The molecule has 0 unspecified atom stereocenters. The number of hydrogen-bond acceptors (Lipinski definition) is 3. The molecule has 1 aromatic carbocycles. The van der Waals surface area contributed by atoms with Gasteiger partial charge in [-0.2, -0.15) is 9.49 Å². The molecule has 2 aromatic rings. The second kappa shape index (κ2) is 3.02. The minimum atomic E-state index is -0.435. The molecule has 0 amide bonds. The summed E-state index contributed by atoms with van der Waals surface area (Å²) in [6.07, 6.45) is 0. The van der Waals surface area contributed by atoms with Gasteiger partial charge in [0.05, 0.1) is 23.7 Å². The standard InChI is InChI=1S/C8H8FN3O/c1-13-12-5-2-3-7-6(4-5)8(9)11-10-7/h2-4,12H,1H3,(H,10,11). The minimum Gasteiger partial charge on any atom is -0.279 e. The fourth-order valence-electron chi connectivity index (χ4n) is 1.16. The fourth-order valence-corrected chi connectivity index (χ4v) is 1.16. The van der Waals surface area contributed by atoms with Crippen LogP contribution in [0.5, 0.6) is 0 Å². The maximum atomic E-state index is 13.0. The number of aromatic nitrogens is 2. The molecule has 0 saturated carbocycles. The highest BCUT2D eigenvalue weighted by molar-refractivity contribution is 5.82. The normalized spacial score (nSPS) is 10.6. The van der Waals surface area contributed by atoms with Crippen molar-refractivity contribution in [2.24, 2.45) is 0 Å². The summed E-state index contributed by atoms with van der Waals surface area (Å²) in [5.74, 6) is -0.435. The molecule has 2 N–H and O–H groups in total. The van der Waals surface area contributed by atoms with E-state index in [2.05, 4.69) is 15.7 Å². The van der Waals surface area contributed by atoms with E-state index in [-0.39, 0.29) is 0 Å². The molecule has 0 saturated heterocycles. The molecule has 0 fully saturated rings. The number of aromatic amines is 1. The van der Waals surface area contributed by atoms with E-state index in [9.17, 15) is 4.39 Å². The summed E-state index contributed by atoms with van der Waals surface area (Å²) in [5.41, 5.74) is 3.89. The Bertz CT molecular complexity index is 426. The van der Waals surface area contributed by atoms with Gasteiger partial charge in [-0.15, -0.1) is 0 Å². The van der Waals surface area contributed by atoms with E-state index in [0.717, 1.165) is 0 Å². The van der Waals surface area contributed by atoms with E-state index >= 15 is 0 Å². The first-order valence-electron chi connectivity index (χ1n) is 3.74. The highest BCUT2D eigenvalue weighted by Gasteiger charge is 2.04.